The van der Waals surface area contributed by atoms with Crippen molar-refractivity contribution in [1.82, 2.24) is 4.57 Å². The van der Waals surface area contributed by atoms with E-state index in [2.05, 4.69) is 4.99 Å². The minimum Gasteiger partial charge on any atom is -0.491 e. The SMILES string of the molecule is CCOC(=O)C1=C(C)N=c2s/c(=C/c3ccc(F)cc3)c(=O)n2C1c1ccccc1OC(C)C. The molecule has 1 atom stereocenters. The summed E-state index contributed by atoms with van der Waals surface area (Å²) in [6.45, 7) is 7.50. The van der Waals surface area contributed by atoms with Crippen molar-refractivity contribution >= 4 is 23.4 Å². The molecule has 2 heterocycles. The molecule has 0 amide bonds. The lowest BCUT2D eigenvalue weighted by molar-refractivity contribution is -0.139. The summed E-state index contributed by atoms with van der Waals surface area (Å²) in [7, 11) is 0. The van der Waals surface area contributed by atoms with Gasteiger partial charge in [-0.1, -0.05) is 41.7 Å². The fourth-order valence-corrected chi connectivity index (χ4v) is 4.91. The van der Waals surface area contributed by atoms with Gasteiger partial charge in [-0.2, -0.15) is 0 Å². The molecule has 34 heavy (non-hydrogen) atoms. The highest BCUT2D eigenvalue weighted by molar-refractivity contribution is 7.07. The molecule has 1 aliphatic rings. The molecule has 1 aliphatic heterocycles. The van der Waals surface area contributed by atoms with Crippen molar-refractivity contribution in [3.8, 4) is 5.75 Å². The first kappa shape index (κ1) is 23.6. The van der Waals surface area contributed by atoms with Crippen molar-refractivity contribution in [2.24, 2.45) is 4.99 Å². The second-order valence-corrected chi connectivity index (χ2v) is 9.07. The van der Waals surface area contributed by atoms with Crippen LogP contribution in [0, 0.1) is 5.82 Å². The van der Waals surface area contributed by atoms with Crippen LogP contribution in [-0.2, 0) is 9.53 Å². The molecule has 8 heteroatoms. The predicted molar refractivity (Wildman–Crippen MR) is 129 cm³/mol. The third kappa shape index (κ3) is 4.59. The number of ether oxygens (including phenoxy) is 2. The monoisotopic (exact) mass is 480 g/mol. The summed E-state index contributed by atoms with van der Waals surface area (Å²) in [5.41, 5.74) is 1.84. The Bertz CT molecular complexity index is 1430. The predicted octanol–water partition coefficient (Wildman–Crippen LogP) is 3.72. The van der Waals surface area contributed by atoms with Gasteiger partial charge in [-0.05, 0) is 57.5 Å². The summed E-state index contributed by atoms with van der Waals surface area (Å²) >= 11 is 1.22. The maximum absolute atomic E-state index is 13.6. The van der Waals surface area contributed by atoms with E-state index < -0.39 is 12.0 Å². The van der Waals surface area contributed by atoms with Gasteiger partial charge in [0.2, 0.25) is 0 Å². The fourth-order valence-electron chi connectivity index (χ4n) is 3.86. The first-order chi connectivity index (χ1) is 16.3. The zero-order chi connectivity index (χ0) is 24.4. The van der Waals surface area contributed by atoms with Gasteiger partial charge in [-0.15, -0.1) is 0 Å². The van der Waals surface area contributed by atoms with Crippen LogP contribution in [0.5, 0.6) is 5.75 Å². The van der Waals surface area contributed by atoms with E-state index in [1.807, 2.05) is 38.1 Å². The van der Waals surface area contributed by atoms with Crippen molar-refractivity contribution in [2.45, 2.75) is 39.8 Å². The fraction of sp³-hybridized carbons (Fsp3) is 0.269. The number of nitrogens with zero attached hydrogens (tertiary/aromatic N) is 2. The number of benzene rings is 2. The summed E-state index contributed by atoms with van der Waals surface area (Å²) in [6, 6.07) is 12.5. The summed E-state index contributed by atoms with van der Waals surface area (Å²) in [5, 5.41) is 0. The van der Waals surface area contributed by atoms with Gasteiger partial charge in [-0.25, -0.2) is 14.2 Å². The maximum Gasteiger partial charge on any atom is 0.338 e. The number of esters is 1. The minimum atomic E-state index is -0.763. The van der Waals surface area contributed by atoms with Crippen LogP contribution in [0.1, 0.15) is 44.9 Å². The van der Waals surface area contributed by atoms with Crippen molar-refractivity contribution in [1.29, 1.82) is 0 Å². The van der Waals surface area contributed by atoms with E-state index >= 15 is 0 Å². The number of carbonyl (C=O) groups excluding carboxylic acids is 1. The molecule has 0 spiro atoms. The molecule has 0 radical (unpaired) electrons. The Morgan fingerprint density at radius 1 is 1.21 bits per heavy atom. The number of hydrogen-bond donors (Lipinski definition) is 0. The van der Waals surface area contributed by atoms with E-state index in [1.54, 1.807) is 32.1 Å². The lowest BCUT2D eigenvalue weighted by Crippen LogP contribution is -2.40. The number of hydrogen-bond acceptors (Lipinski definition) is 6. The van der Waals surface area contributed by atoms with Gasteiger partial charge in [0, 0.05) is 5.56 Å². The van der Waals surface area contributed by atoms with Crippen LogP contribution in [0.3, 0.4) is 0 Å². The number of halogens is 1. The number of para-hydroxylation sites is 1. The van der Waals surface area contributed by atoms with Gasteiger partial charge in [-0.3, -0.25) is 9.36 Å². The highest BCUT2D eigenvalue weighted by Crippen LogP contribution is 2.36. The van der Waals surface area contributed by atoms with E-state index in [0.717, 1.165) is 0 Å². The Kier molecular flexibility index (Phi) is 6.79. The van der Waals surface area contributed by atoms with Crippen LogP contribution in [0.15, 0.2) is 69.6 Å². The Morgan fingerprint density at radius 3 is 2.59 bits per heavy atom. The van der Waals surface area contributed by atoms with Gasteiger partial charge in [0.15, 0.2) is 4.80 Å². The molecule has 3 aromatic rings. The van der Waals surface area contributed by atoms with Crippen molar-refractivity contribution < 1.29 is 18.7 Å². The highest BCUT2D eigenvalue weighted by Gasteiger charge is 2.35. The summed E-state index contributed by atoms with van der Waals surface area (Å²) in [5.74, 6) is -0.303. The molecule has 1 unspecified atom stereocenters. The lowest BCUT2D eigenvalue weighted by atomic mass is 9.95. The highest BCUT2D eigenvalue weighted by atomic mass is 32.1. The van der Waals surface area contributed by atoms with E-state index in [9.17, 15) is 14.0 Å². The van der Waals surface area contributed by atoms with Crippen LogP contribution in [-0.4, -0.2) is 23.2 Å². The Balaban J connectivity index is 1.97. The third-order valence-electron chi connectivity index (χ3n) is 5.26. The van der Waals surface area contributed by atoms with E-state index in [-0.39, 0.29) is 24.1 Å². The molecule has 0 aliphatic carbocycles. The Morgan fingerprint density at radius 2 is 1.91 bits per heavy atom. The van der Waals surface area contributed by atoms with E-state index in [1.165, 1.54) is 28.0 Å². The normalized spacial score (nSPS) is 15.8. The second-order valence-electron chi connectivity index (χ2n) is 8.06. The minimum absolute atomic E-state index is 0.105. The number of aromatic nitrogens is 1. The largest absolute Gasteiger partial charge is 0.491 e. The number of carbonyl (C=O) groups is 1. The van der Waals surface area contributed by atoms with Gasteiger partial charge >= 0.3 is 5.97 Å². The smallest absolute Gasteiger partial charge is 0.338 e. The van der Waals surface area contributed by atoms with E-state index in [0.29, 0.717) is 37.5 Å². The summed E-state index contributed by atoms with van der Waals surface area (Å²) in [6.07, 6.45) is 1.59. The molecule has 0 saturated heterocycles. The lowest BCUT2D eigenvalue weighted by Gasteiger charge is -2.26. The van der Waals surface area contributed by atoms with Crippen LogP contribution < -0.4 is 19.6 Å². The number of fused-ring (bicyclic) bond motifs is 1. The van der Waals surface area contributed by atoms with Gasteiger partial charge in [0.05, 0.1) is 28.5 Å². The van der Waals surface area contributed by atoms with Crippen LogP contribution in [0.2, 0.25) is 0 Å². The first-order valence-electron chi connectivity index (χ1n) is 11.0. The molecule has 176 valence electrons. The zero-order valence-electron chi connectivity index (χ0n) is 19.4. The average Bonchev–Trinajstić information content (AvgIpc) is 3.09. The van der Waals surface area contributed by atoms with Crippen molar-refractivity contribution in [2.75, 3.05) is 6.61 Å². The Labute approximate surface area is 200 Å². The van der Waals surface area contributed by atoms with Crippen molar-refractivity contribution in [3.05, 3.63) is 96.4 Å². The molecule has 1 aromatic heterocycles. The molecule has 0 bridgehead atoms. The molecule has 0 N–H and O–H groups in total. The standard InChI is InChI=1S/C26H25FN2O4S/c1-5-32-25(31)22-16(4)28-26-29(23(22)19-8-6-7-9-20(19)33-15(2)3)24(30)21(34-26)14-17-10-12-18(27)13-11-17/h6-15,23H,5H2,1-4H3/b21-14+. The average molecular weight is 481 g/mol. The van der Waals surface area contributed by atoms with Gasteiger partial charge in [0.25, 0.3) is 5.56 Å². The van der Waals surface area contributed by atoms with Crippen molar-refractivity contribution in [3.63, 3.8) is 0 Å². The molecule has 6 nitrogen and oxygen atoms in total. The summed E-state index contributed by atoms with van der Waals surface area (Å²) in [4.78, 5) is 31.7. The van der Waals surface area contributed by atoms with Crippen LogP contribution >= 0.6 is 11.3 Å². The zero-order valence-corrected chi connectivity index (χ0v) is 20.2. The second kappa shape index (κ2) is 9.77. The molecular weight excluding hydrogens is 455 g/mol. The molecule has 0 saturated carbocycles. The molecular formula is C26H25FN2O4S. The quantitative estimate of drug-likeness (QED) is 0.504. The van der Waals surface area contributed by atoms with E-state index in [4.69, 9.17) is 9.47 Å². The molecule has 4 rings (SSSR count). The Hall–Kier alpha value is -3.52. The number of thiazole rings is 1. The van der Waals surface area contributed by atoms with Gasteiger partial charge in [0.1, 0.15) is 17.6 Å². The topological polar surface area (TPSA) is 69.9 Å². The number of allylic oxidation sites excluding steroid dienone is 1. The van der Waals surface area contributed by atoms with Gasteiger partial charge < -0.3 is 9.47 Å². The molecule has 2 aromatic carbocycles. The van der Waals surface area contributed by atoms with Crippen LogP contribution in [0.4, 0.5) is 4.39 Å². The third-order valence-corrected chi connectivity index (χ3v) is 6.24. The van der Waals surface area contributed by atoms with Crippen LogP contribution in [0.25, 0.3) is 6.08 Å². The number of rotatable bonds is 6. The summed E-state index contributed by atoms with van der Waals surface area (Å²) < 4.78 is 26.6. The maximum atomic E-state index is 13.6. The first-order valence-corrected chi connectivity index (χ1v) is 11.8. The molecule has 0 fully saturated rings.